The third-order valence-corrected chi connectivity index (χ3v) is 7.76. The molecule has 0 unspecified atom stereocenters. The van der Waals surface area contributed by atoms with Crippen LogP contribution in [0.3, 0.4) is 0 Å². The number of sulfonamides is 1. The lowest BCUT2D eigenvalue weighted by Crippen LogP contribution is -2.45. The molecule has 1 aromatic heterocycles. The van der Waals surface area contributed by atoms with Crippen LogP contribution in [-0.4, -0.2) is 45.4 Å². The quantitative estimate of drug-likeness (QED) is 0.757. The van der Waals surface area contributed by atoms with Crippen molar-refractivity contribution in [3.8, 4) is 11.5 Å². The number of carbonyl (C=O) groups excluding carboxylic acids is 1. The van der Waals surface area contributed by atoms with Crippen LogP contribution in [0.5, 0.6) is 11.5 Å². The Bertz CT molecular complexity index is 896. The Morgan fingerprint density at radius 3 is 2.70 bits per heavy atom. The monoisotopic (exact) mass is 410 g/mol. The summed E-state index contributed by atoms with van der Waals surface area (Å²) in [6.45, 7) is 0.636. The highest BCUT2D eigenvalue weighted by Crippen LogP contribution is 2.29. The molecule has 1 amide bonds. The molecule has 27 heavy (non-hydrogen) atoms. The summed E-state index contributed by atoms with van der Waals surface area (Å²) in [7, 11) is -0.532. The van der Waals surface area contributed by atoms with Crippen molar-refractivity contribution < 1.29 is 22.7 Å². The summed E-state index contributed by atoms with van der Waals surface area (Å²) in [5.41, 5.74) is 0.840. The summed E-state index contributed by atoms with van der Waals surface area (Å²) in [6, 6.07) is 7.96. The Kier molecular flexibility index (Phi) is 6.03. The molecule has 2 aromatic rings. The summed E-state index contributed by atoms with van der Waals surface area (Å²) in [5.74, 6) is 0.894. The zero-order valence-corrected chi connectivity index (χ0v) is 16.8. The van der Waals surface area contributed by atoms with Gasteiger partial charge in [0.2, 0.25) is 5.91 Å². The summed E-state index contributed by atoms with van der Waals surface area (Å²) < 4.78 is 37.6. The fraction of sp³-hybridized carbons (Fsp3) is 0.389. The number of amides is 1. The minimum atomic E-state index is -3.64. The lowest BCUT2D eigenvalue weighted by atomic mass is 10.1. The average Bonchev–Trinajstić information content (AvgIpc) is 3.38. The van der Waals surface area contributed by atoms with Gasteiger partial charge in [0.05, 0.1) is 14.2 Å². The Hall–Kier alpha value is -2.10. The molecule has 1 saturated heterocycles. The van der Waals surface area contributed by atoms with E-state index in [0.29, 0.717) is 30.9 Å². The molecule has 0 bridgehead atoms. The van der Waals surface area contributed by atoms with E-state index >= 15 is 0 Å². The summed E-state index contributed by atoms with van der Waals surface area (Å²) >= 11 is 1.16. The number of methoxy groups -OCH3 is 2. The molecular weight excluding hydrogens is 388 g/mol. The predicted octanol–water partition coefficient (Wildman–Crippen LogP) is 2.23. The summed E-state index contributed by atoms with van der Waals surface area (Å²) in [4.78, 5) is 12.7. The number of benzene rings is 1. The van der Waals surface area contributed by atoms with Gasteiger partial charge < -0.3 is 14.8 Å². The predicted molar refractivity (Wildman–Crippen MR) is 103 cm³/mol. The Morgan fingerprint density at radius 1 is 1.26 bits per heavy atom. The zero-order valence-electron chi connectivity index (χ0n) is 15.2. The second-order valence-electron chi connectivity index (χ2n) is 6.11. The van der Waals surface area contributed by atoms with Crippen LogP contribution in [0.25, 0.3) is 0 Å². The van der Waals surface area contributed by atoms with Crippen LogP contribution >= 0.6 is 11.3 Å². The SMILES string of the molecule is COc1ccc(CNC(=O)[C@@H]2CCCN2S(=O)(=O)c2cccs2)cc1OC. The molecule has 1 atom stereocenters. The molecule has 1 aliphatic heterocycles. The number of thiophene rings is 1. The van der Waals surface area contributed by atoms with Gasteiger partial charge in [0.25, 0.3) is 10.0 Å². The molecule has 1 N–H and O–H groups in total. The maximum Gasteiger partial charge on any atom is 0.253 e. The number of nitrogens with zero attached hydrogens (tertiary/aromatic N) is 1. The van der Waals surface area contributed by atoms with Crippen LogP contribution in [0.2, 0.25) is 0 Å². The third-order valence-electron chi connectivity index (χ3n) is 4.48. The van der Waals surface area contributed by atoms with Crippen molar-refractivity contribution in [2.45, 2.75) is 29.6 Å². The van der Waals surface area contributed by atoms with Crippen molar-refractivity contribution >= 4 is 27.3 Å². The largest absolute Gasteiger partial charge is 0.493 e. The van der Waals surface area contributed by atoms with Gasteiger partial charge in [-0.25, -0.2) is 8.42 Å². The standard InChI is InChI=1S/C18H22N2O5S2/c1-24-15-8-7-13(11-16(15)25-2)12-19-18(21)14-5-3-9-20(14)27(22,23)17-6-4-10-26-17/h4,6-8,10-11,14H,3,5,9,12H2,1-2H3,(H,19,21)/t14-/m0/s1. The number of carbonyl (C=O) groups is 1. The average molecular weight is 411 g/mol. The zero-order chi connectivity index (χ0) is 19.4. The molecule has 0 spiro atoms. The number of rotatable bonds is 7. The lowest BCUT2D eigenvalue weighted by Gasteiger charge is -2.22. The summed E-state index contributed by atoms with van der Waals surface area (Å²) in [5, 5.41) is 4.56. The first kappa shape index (κ1) is 19.7. The fourth-order valence-corrected chi connectivity index (χ4v) is 5.89. The van der Waals surface area contributed by atoms with E-state index in [4.69, 9.17) is 9.47 Å². The highest BCUT2D eigenvalue weighted by Gasteiger charge is 2.39. The van der Waals surface area contributed by atoms with E-state index in [1.54, 1.807) is 43.9 Å². The van der Waals surface area contributed by atoms with Gasteiger partial charge in [-0.2, -0.15) is 4.31 Å². The van der Waals surface area contributed by atoms with Gasteiger partial charge in [0.1, 0.15) is 10.3 Å². The molecule has 1 fully saturated rings. The number of ether oxygens (including phenoxy) is 2. The van der Waals surface area contributed by atoms with Gasteiger partial charge in [0, 0.05) is 13.1 Å². The van der Waals surface area contributed by atoms with Crippen molar-refractivity contribution in [3.63, 3.8) is 0 Å². The molecule has 0 radical (unpaired) electrons. The van der Waals surface area contributed by atoms with Gasteiger partial charge in [-0.15, -0.1) is 11.3 Å². The van der Waals surface area contributed by atoms with Crippen LogP contribution < -0.4 is 14.8 Å². The van der Waals surface area contributed by atoms with E-state index in [1.807, 2.05) is 6.07 Å². The molecule has 0 aliphatic carbocycles. The second kappa shape index (κ2) is 8.28. The minimum Gasteiger partial charge on any atom is -0.493 e. The molecule has 146 valence electrons. The summed E-state index contributed by atoms with van der Waals surface area (Å²) in [6.07, 6.45) is 1.18. The number of hydrogen-bond acceptors (Lipinski definition) is 6. The van der Waals surface area contributed by atoms with Crippen molar-refractivity contribution in [1.29, 1.82) is 0 Å². The van der Waals surface area contributed by atoms with Crippen molar-refractivity contribution in [2.75, 3.05) is 20.8 Å². The Morgan fingerprint density at radius 2 is 2.04 bits per heavy atom. The maximum absolute atomic E-state index is 12.8. The molecule has 2 heterocycles. The first-order chi connectivity index (χ1) is 13.0. The van der Waals surface area contributed by atoms with E-state index in [-0.39, 0.29) is 16.7 Å². The van der Waals surface area contributed by atoms with Crippen LogP contribution in [0.1, 0.15) is 18.4 Å². The van der Waals surface area contributed by atoms with E-state index in [1.165, 1.54) is 4.31 Å². The van der Waals surface area contributed by atoms with E-state index in [2.05, 4.69) is 5.32 Å². The highest BCUT2D eigenvalue weighted by atomic mass is 32.2. The molecule has 0 saturated carbocycles. The minimum absolute atomic E-state index is 0.266. The fourth-order valence-electron chi connectivity index (χ4n) is 3.11. The van der Waals surface area contributed by atoms with Crippen LogP contribution in [-0.2, 0) is 21.4 Å². The maximum atomic E-state index is 12.8. The Labute approximate surface area is 163 Å². The number of hydrogen-bond donors (Lipinski definition) is 1. The van der Waals surface area contributed by atoms with Crippen molar-refractivity contribution in [2.24, 2.45) is 0 Å². The number of nitrogens with one attached hydrogen (secondary N) is 1. The van der Waals surface area contributed by atoms with Crippen LogP contribution in [0, 0.1) is 0 Å². The molecule has 3 rings (SSSR count). The molecular formula is C18H22N2O5S2. The van der Waals surface area contributed by atoms with Crippen LogP contribution in [0.4, 0.5) is 0 Å². The topological polar surface area (TPSA) is 84.9 Å². The Balaban J connectivity index is 1.69. The van der Waals surface area contributed by atoms with E-state index in [0.717, 1.165) is 16.9 Å². The first-order valence-corrected chi connectivity index (χ1v) is 10.8. The molecule has 1 aromatic carbocycles. The van der Waals surface area contributed by atoms with Gasteiger partial charge in [0.15, 0.2) is 11.5 Å². The second-order valence-corrected chi connectivity index (χ2v) is 9.18. The van der Waals surface area contributed by atoms with Crippen LogP contribution in [0.15, 0.2) is 39.9 Å². The normalized spacial score (nSPS) is 17.6. The lowest BCUT2D eigenvalue weighted by molar-refractivity contribution is -0.124. The van der Waals surface area contributed by atoms with Crippen molar-refractivity contribution in [3.05, 3.63) is 41.3 Å². The van der Waals surface area contributed by atoms with Gasteiger partial charge >= 0.3 is 0 Å². The molecule has 7 nitrogen and oxygen atoms in total. The molecule has 9 heteroatoms. The first-order valence-electron chi connectivity index (χ1n) is 8.51. The van der Waals surface area contributed by atoms with E-state index < -0.39 is 16.1 Å². The van der Waals surface area contributed by atoms with Gasteiger partial charge in [-0.05, 0) is 42.0 Å². The van der Waals surface area contributed by atoms with E-state index in [9.17, 15) is 13.2 Å². The smallest absolute Gasteiger partial charge is 0.253 e. The molecule has 1 aliphatic rings. The van der Waals surface area contributed by atoms with Gasteiger partial charge in [-0.3, -0.25) is 4.79 Å². The van der Waals surface area contributed by atoms with Crippen molar-refractivity contribution in [1.82, 2.24) is 9.62 Å². The van der Waals surface area contributed by atoms with Gasteiger partial charge in [-0.1, -0.05) is 12.1 Å². The third kappa shape index (κ3) is 4.10. The highest BCUT2D eigenvalue weighted by molar-refractivity contribution is 7.91.